The minimum atomic E-state index is 0.392. The van der Waals surface area contributed by atoms with E-state index in [1.165, 1.54) is 0 Å². The molecule has 0 bridgehead atoms. The van der Waals surface area contributed by atoms with Crippen molar-refractivity contribution in [2.75, 3.05) is 14.2 Å². The quantitative estimate of drug-likeness (QED) is 0.868. The number of ether oxygens (including phenoxy) is 2. The normalized spacial score (nSPS) is 10.5. The summed E-state index contributed by atoms with van der Waals surface area (Å²) in [6.07, 6.45) is 1.68. The van der Waals surface area contributed by atoms with Gasteiger partial charge in [0, 0.05) is 12.1 Å². The molecule has 2 aromatic rings. The molecule has 4 nitrogen and oxygen atoms in total. The highest BCUT2D eigenvalue weighted by molar-refractivity contribution is 5.42. The second-order valence-corrected chi connectivity index (χ2v) is 4.34. The standard InChI is InChI=1S/C15H19NO3/c1-11-4-5-13(14(8-11)17-3)19-10-15-12(9-16-2)6-7-18-15/h4-8,16H,9-10H2,1-3H3. The van der Waals surface area contributed by atoms with Crippen molar-refractivity contribution in [1.29, 1.82) is 0 Å². The monoisotopic (exact) mass is 261 g/mol. The molecule has 1 aromatic heterocycles. The molecule has 1 N–H and O–H groups in total. The van der Waals surface area contributed by atoms with Crippen LogP contribution in [0.3, 0.4) is 0 Å². The lowest BCUT2D eigenvalue weighted by molar-refractivity contribution is 0.254. The van der Waals surface area contributed by atoms with Gasteiger partial charge in [0.15, 0.2) is 11.5 Å². The van der Waals surface area contributed by atoms with E-state index in [1.807, 2.05) is 38.2 Å². The van der Waals surface area contributed by atoms with Crippen LogP contribution in [0.1, 0.15) is 16.9 Å². The van der Waals surface area contributed by atoms with E-state index < -0.39 is 0 Å². The van der Waals surface area contributed by atoms with Crippen molar-refractivity contribution < 1.29 is 13.9 Å². The highest BCUT2D eigenvalue weighted by Crippen LogP contribution is 2.28. The van der Waals surface area contributed by atoms with Crippen LogP contribution in [0.25, 0.3) is 0 Å². The molecule has 0 saturated heterocycles. The predicted molar refractivity (Wildman–Crippen MR) is 73.5 cm³/mol. The summed E-state index contributed by atoms with van der Waals surface area (Å²) >= 11 is 0. The van der Waals surface area contributed by atoms with Crippen molar-refractivity contribution in [3.05, 3.63) is 47.4 Å². The number of aryl methyl sites for hydroxylation is 1. The predicted octanol–water partition coefficient (Wildman–Crippen LogP) is 2.90. The number of nitrogens with one attached hydrogen (secondary N) is 1. The Hall–Kier alpha value is -1.94. The van der Waals surface area contributed by atoms with Crippen molar-refractivity contribution in [3.8, 4) is 11.5 Å². The topological polar surface area (TPSA) is 43.6 Å². The molecule has 1 aromatic carbocycles. The van der Waals surface area contributed by atoms with Crippen LogP contribution in [0.5, 0.6) is 11.5 Å². The first-order chi connectivity index (χ1) is 9.24. The third-order valence-electron chi connectivity index (χ3n) is 2.88. The van der Waals surface area contributed by atoms with Gasteiger partial charge in [0.2, 0.25) is 0 Å². The van der Waals surface area contributed by atoms with Gasteiger partial charge in [-0.2, -0.15) is 0 Å². The second kappa shape index (κ2) is 6.29. The number of benzene rings is 1. The van der Waals surface area contributed by atoms with Crippen molar-refractivity contribution in [1.82, 2.24) is 5.32 Å². The first-order valence-electron chi connectivity index (χ1n) is 6.22. The molecule has 0 radical (unpaired) electrons. The molecule has 0 unspecified atom stereocenters. The Kier molecular flexibility index (Phi) is 4.47. The third kappa shape index (κ3) is 3.29. The molecule has 4 heteroatoms. The molecule has 0 amide bonds. The van der Waals surface area contributed by atoms with E-state index in [1.54, 1.807) is 13.4 Å². The van der Waals surface area contributed by atoms with E-state index in [4.69, 9.17) is 13.9 Å². The number of hydrogen-bond acceptors (Lipinski definition) is 4. The lowest BCUT2D eigenvalue weighted by Gasteiger charge is -2.11. The maximum absolute atomic E-state index is 5.77. The Morgan fingerprint density at radius 2 is 2.05 bits per heavy atom. The van der Waals surface area contributed by atoms with Gasteiger partial charge < -0.3 is 19.2 Å². The van der Waals surface area contributed by atoms with Crippen LogP contribution < -0.4 is 14.8 Å². The summed E-state index contributed by atoms with van der Waals surface area (Å²) in [6.45, 7) is 3.17. The number of hydrogen-bond donors (Lipinski definition) is 1. The Labute approximate surface area is 113 Å². The molecule has 1 heterocycles. The third-order valence-corrected chi connectivity index (χ3v) is 2.88. The Morgan fingerprint density at radius 3 is 2.79 bits per heavy atom. The summed E-state index contributed by atoms with van der Waals surface area (Å²) in [7, 11) is 3.54. The summed E-state index contributed by atoms with van der Waals surface area (Å²) < 4.78 is 16.5. The van der Waals surface area contributed by atoms with Gasteiger partial charge in [0.1, 0.15) is 12.4 Å². The largest absolute Gasteiger partial charge is 0.493 e. The first kappa shape index (κ1) is 13.5. The van der Waals surface area contributed by atoms with E-state index >= 15 is 0 Å². The number of furan rings is 1. The molecule has 0 aliphatic carbocycles. The van der Waals surface area contributed by atoms with Gasteiger partial charge in [-0.25, -0.2) is 0 Å². The summed E-state index contributed by atoms with van der Waals surface area (Å²) in [6, 6.07) is 7.80. The van der Waals surface area contributed by atoms with Gasteiger partial charge in [-0.15, -0.1) is 0 Å². The van der Waals surface area contributed by atoms with E-state index in [0.717, 1.165) is 34.9 Å². The molecule has 102 valence electrons. The molecular formula is C15H19NO3. The smallest absolute Gasteiger partial charge is 0.161 e. The lowest BCUT2D eigenvalue weighted by atomic mass is 10.2. The molecule has 0 spiro atoms. The van der Waals surface area contributed by atoms with Crippen molar-refractivity contribution >= 4 is 0 Å². The minimum Gasteiger partial charge on any atom is -0.493 e. The maximum atomic E-state index is 5.77. The molecule has 19 heavy (non-hydrogen) atoms. The number of rotatable bonds is 6. The highest BCUT2D eigenvalue weighted by atomic mass is 16.5. The lowest BCUT2D eigenvalue weighted by Crippen LogP contribution is -2.07. The zero-order chi connectivity index (χ0) is 13.7. The highest BCUT2D eigenvalue weighted by Gasteiger charge is 2.09. The molecule has 0 saturated carbocycles. The fraction of sp³-hybridized carbons (Fsp3) is 0.333. The van der Waals surface area contributed by atoms with E-state index in [2.05, 4.69) is 5.32 Å². The van der Waals surface area contributed by atoms with Crippen molar-refractivity contribution in [3.63, 3.8) is 0 Å². The van der Waals surface area contributed by atoms with Gasteiger partial charge in [-0.1, -0.05) is 6.07 Å². The van der Waals surface area contributed by atoms with Crippen LogP contribution >= 0.6 is 0 Å². The van der Waals surface area contributed by atoms with Gasteiger partial charge in [0.25, 0.3) is 0 Å². The summed E-state index contributed by atoms with van der Waals surface area (Å²) in [4.78, 5) is 0. The van der Waals surface area contributed by atoms with Crippen LogP contribution in [0.15, 0.2) is 34.9 Å². The first-order valence-corrected chi connectivity index (χ1v) is 6.22. The molecule has 0 fully saturated rings. The molecule has 0 aliphatic heterocycles. The summed E-state index contributed by atoms with van der Waals surface area (Å²) in [5, 5.41) is 3.10. The Balaban J connectivity index is 2.07. The maximum Gasteiger partial charge on any atom is 0.161 e. The number of methoxy groups -OCH3 is 1. The fourth-order valence-electron chi connectivity index (χ4n) is 1.88. The Morgan fingerprint density at radius 1 is 1.21 bits per heavy atom. The molecule has 2 rings (SSSR count). The average Bonchev–Trinajstić information content (AvgIpc) is 2.85. The van der Waals surface area contributed by atoms with Crippen LogP contribution in [0.2, 0.25) is 0 Å². The van der Waals surface area contributed by atoms with E-state index in [-0.39, 0.29) is 0 Å². The van der Waals surface area contributed by atoms with Gasteiger partial charge >= 0.3 is 0 Å². The van der Waals surface area contributed by atoms with E-state index in [9.17, 15) is 0 Å². The van der Waals surface area contributed by atoms with Gasteiger partial charge in [-0.05, 0) is 37.7 Å². The molecule has 0 atom stereocenters. The fourth-order valence-corrected chi connectivity index (χ4v) is 1.88. The van der Waals surface area contributed by atoms with Crippen molar-refractivity contribution in [2.24, 2.45) is 0 Å². The van der Waals surface area contributed by atoms with Crippen LogP contribution in [-0.2, 0) is 13.2 Å². The Bertz CT molecular complexity index is 534. The summed E-state index contributed by atoms with van der Waals surface area (Å²) in [5.41, 5.74) is 2.24. The zero-order valence-electron chi connectivity index (χ0n) is 11.5. The molecule has 0 aliphatic rings. The average molecular weight is 261 g/mol. The SMILES string of the molecule is CNCc1ccoc1COc1ccc(C)cc1OC. The van der Waals surface area contributed by atoms with Crippen LogP contribution in [0, 0.1) is 6.92 Å². The van der Waals surface area contributed by atoms with Crippen LogP contribution in [0.4, 0.5) is 0 Å². The van der Waals surface area contributed by atoms with Gasteiger partial charge in [-0.3, -0.25) is 0 Å². The van der Waals surface area contributed by atoms with Gasteiger partial charge in [0.05, 0.1) is 13.4 Å². The minimum absolute atomic E-state index is 0.392. The van der Waals surface area contributed by atoms with Crippen LogP contribution in [-0.4, -0.2) is 14.2 Å². The van der Waals surface area contributed by atoms with E-state index in [0.29, 0.717) is 6.61 Å². The van der Waals surface area contributed by atoms with Crippen molar-refractivity contribution in [2.45, 2.75) is 20.1 Å². The molecular weight excluding hydrogens is 242 g/mol. The zero-order valence-corrected chi connectivity index (χ0v) is 11.5. The second-order valence-electron chi connectivity index (χ2n) is 4.34. The summed E-state index contributed by atoms with van der Waals surface area (Å²) in [5.74, 6) is 2.29.